The minimum absolute atomic E-state index is 0.0955. The second-order valence-electron chi connectivity index (χ2n) is 7.48. The molecule has 7 heteroatoms. The van der Waals surface area contributed by atoms with Crippen LogP contribution in [0, 0.1) is 23.0 Å². The van der Waals surface area contributed by atoms with Gasteiger partial charge in [0.15, 0.2) is 0 Å². The summed E-state index contributed by atoms with van der Waals surface area (Å²) in [6.07, 6.45) is 3.37. The molecule has 1 aromatic carbocycles. The van der Waals surface area contributed by atoms with Crippen molar-refractivity contribution in [2.45, 2.75) is 44.3 Å². The predicted molar refractivity (Wildman–Crippen MR) is 97.9 cm³/mol. The van der Waals surface area contributed by atoms with Crippen molar-refractivity contribution in [3.05, 3.63) is 64.5 Å². The number of halogens is 2. The SMILES string of the molecule is C[C@H](NC(=O)C1(N2CCc3cccc(F)c3C2)CC1)c1ncc(C#N)cc1F. The molecule has 1 aliphatic carbocycles. The summed E-state index contributed by atoms with van der Waals surface area (Å²) in [6, 6.07) is 7.41. The molecule has 2 heterocycles. The van der Waals surface area contributed by atoms with E-state index in [1.54, 1.807) is 13.0 Å². The van der Waals surface area contributed by atoms with Gasteiger partial charge in [0.2, 0.25) is 5.91 Å². The molecule has 0 saturated heterocycles. The van der Waals surface area contributed by atoms with Crippen molar-refractivity contribution < 1.29 is 13.6 Å². The smallest absolute Gasteiger partial charge is 0.241 e. The zero-order valence-electron chi connectivity index (χ0n) is 15.5. The highest BCUT2D eigenvalue weighted by molar-refractivity contribution is 5.89. The molecule has 0 unspecified atom stereocenters. The van der Waals surface area contributed by atoms with Crippen LogP contribution in [0.25, 0.3) is 0 Å². The summed E-state index contributed by atoms with van der Waals surface area (Å²) in [6.45, 7) is 2.74. The van der Waals surface area contributed by atoms with Crippen LogP contribution >= 0.6 is 0 Å². The Balaban J connectivity index is 1.49. The number of nitrogens with one attached hydrogen (secondary N) is 1. The van der Waals surface area contributed by atoms with Gasteiger partial charge in [-0.1, -0.05) is 12.1 Å². The van der Waals surface area contributed by atoms with Crippen LogP contribution in [-0.4, -0.2) is 27.9 Å². The Hall–Kier alpha value is -2.85. The number of nitrogens with zero attached hydrogens (tertiary/aromatic N) is 3. The molecule has 1 amide bonds. The quantitative estimate of drug-likeness (QED) is 0.883. The van der Waals surface area contributed by atoms with E-state index in [-0.39, 0.29) is 23.0 Å². The molecule has 1 aliphatic heterocycles. The van der Waals surface area contributed by atoms with Crippen LogP contribution in [0.4, 0.5) is 8.78 Å². The Bertz CT molecular complexity index is 981. The number of aromatic nitrogens is 1. The summed E-state index contributed by atoms with van der Waals surface area (Å²) in [5.74, 6) is -1.05. The number of nitriles is 1. The van der Waals surface area contributed by atoms with Gasteiger partial charge in [0, 0.05) is 24.8 Å². The average Bonchev–Trinajstić information content (AvgIpc) is 3.50. The highest BCUT2D eigenvalue weighted by atomic mass is 19.1. The third kappa shape index (κ3) is 3.14. The van der Waals surface area contributed by atoms with Gasteiger partial charge in [0.05, 0.1) is 17.3 Å². The first-order valence-electron chi connectivity index (χ1n) is 9.32. The summed E-state index contributed by atoms with van der Waals surface area (Å²) in [4.78, 5) is 19.0. The molecule has 2 aliphatic rings. The Morgan fingerprint density at radius 1 is 1.36 bits per heavy atom. The van der Waals surface area contributed by atoms with E-state index in [0.717, 1.165) is 11.6 Å². The average molecular weight is 382 g/mol. The van der Waals surface area contributed by atoms with Gasteiger partial charge < -0.3 is 5.32 Å². The van der Waals surface area contributed by atoms with Crippen LogP contribution in [0.3, 0.4) is 0 Å². The lowest BCUT2D eigenvalue weighted by atomic mass is 9.97. The van der Waals surface area contributed by atoms with Crippen molar-refractivity contribution in [3.8, 4) is 6.07 Å². The number of carbonyl (C=O) groups is 1. The molecule has 28 heavy (non-hydrogen) atoms. The van der Waals surface area contributed by atoms with Crippen molar-refractivity contribution in [1.29, 1.82) is 5.26 Å². The van der Waals surface area contributed by atoms with Crippen molar-refractivity contribution >= 4 is 5.91 Å². The van der Waals surface area contributed by atoms with Crippen LogP contribution in [0.15, 0.2) is 30.5 Å². The van der Waals surface area contributed by atoms with E-state index in [4.69, 9.17) is 5.26 Å². The maximum atomic E-state index is 14.2. The van der Waals surface area contributed by atoms with Gasteiger partial charge in [-0.3, -0.25) is 14.7 Å². The summed E-state index contributed by atoms with van der Waals surface area (Å²) in [5, 5.41) is 11.7. The van der Waals surface area contributed by atoms with Crippen LogP contribution in [0.5, 0.6) is 0 Å². The van der Waals surface area contributed by atoms with Gasteiger partial charge in [0.1, 0.15) is 23.2 Å². The minimum atomic E-state index is -0.669. The molecule has 5 nitrogen and oxygen atoms in total. The molecule has 2 aromatic rings. The molecule has 4 rings (SSSR count). The minimum Gasteiger partial charge on any atom is -0.346 e. The molecule has 144 valence electrons. The lowest BCUT2D eigenvalue weighted by molar-refractivity contribution is -0.129. The van der Waals surface area contributed by atoms with Crippen molar-refractivity contribution in [2.24, 2.45) is 0 Å². The number of carbonyl (C=O) groups excluding carboxylic acids is 1. The van der Waals surface area contributed by atoms with Crippen molar-refractivity contribution in [2.75, 3.05) is 6.54 Å². The summed E-state index contributed by atoms with van der Waals surface area (Å²) in [5.41, 5.74) is 1.20. The second-order valence-corrected chi connectivity index (χ2v) is 7.48. The van der Waals surface area contributed by atoms with E-state index in [9.17, 15) is 13.6 Å². The third-order valence-electron chi connectivity index (χ3n) is 5.72. The molecule has 1 atom stereocenters. The molecular weight excluding hydrogens is 362 g/mol. The zero-order valence-corrected chi connectivity index (χ0v) is 15.5. The molecule has 1 aromatic heterocycles. The van der Waals surface area contributed by atoms with Gasteiger partial charge in [0.25, 0.3) is 0 Å². The Morgan fingerprint density at radius 3 is 2.82 bits per heavy atom. The molecule has 0 spiro atoms. The van der Waals surface area contributed by atoms with Crippen molar-refractivity contribution in [3.63, 3.8) is 0 Å². The van der Waals surface area contributed by atoms with E-state index in [1.165, 1.54) is 12.3 Å². The summed E-state index contributed by atoms with van der Waals surface area (Å²) < 4.78 is 28.4. The van der Waals surface area contributed by atoms with Crippen molar-refractivity contribution in [1.82, 2.24) is 15.2 Å². The first-order valence-corrected chi connectivity index (χ1v) is 9.32. The highest BCUT2D eigenvalue weighted by Gasteiger charge is 2.55. The van der Waals surface area contributed by atoms with Crippen LogP contribution in [0.2, 0.25) is 0 Å². The van der Waals surface area contributed by atoms with Crippen LogP contribution < -0.4 is 5.32 Å². The standard InChI is InChI=1S/C21H20F2N4O/c1-13(19-18(23)9-14(10-24)11-25-19)26-20(28)21(6-7-21)27-8-5-15-3-2-4-17(22)16(15)12-27/h2-4,9,11,13H,5-8,12H2,1H3,(H,26,28)/t13-/m0/s1. The Kier molecular flexibility index (Phi) is 4.60. The molecular formula is C21H20F2N4O. The number of rotatable bonds is 4. The Morgan fingerprint density at radius 2 is 2.14 bits per heavy atom. The lowest BCUT2D eigenvalue weighted by Gasteiger charge is -2.35. The van der Waals surface area contributed by atoms with Gasteiger partial charge >= 0.3 is 0 Å². The normalized spacial score (nSPS) is 18.6. The maximum Gasteiger partial charge on any atom is 0.241 e. The van der Waals surface area contributed by atoms with Crippen LogP contribution in [-0.2, 0) is 17.8 Å². The fourth-order valence-electron chi connectivity index (χ4n) is 3.94. The number of hydrogen-bond acceptors (Lipinski definition) is 4. The number of benzene rings is 1. The largest absolute Gasteiger partial charge is 0.346 e. The second kappa shape index (κ2) is 6.95. The molecule has 1 fully saturated rings. The lowest BCUT2D eigenvalue weighted by Crippen LogP contribution is -2.51. The number of amides is 1. The first-order chi connectivity index (χ1) is 13.4. The maximum absolute atomic E-state index is 14.2. The number of pyridine rings is 1. The molecule has 1 N–H and O–H groups in total. The van der Waals surface area contributed by atoms with E-state index >= 15 is 0 Å². The predicted octanol–water partition coefficient (Wildman–Crippen LogP) is 3.00. The fourth-order valence-corrected chi connectivity index (χ4v) is 3.94. The van der Waals surface area contributed by atoms with Gasteiger partial charge in [-0.2, -0.15) is 5.26 Å². The van der Waals surface area contributed by atoms with E-state index in [2.05, 4.69) is 10.3 Å². The van der Waals surface area contributed by atoms with E-state index in [0.29, 0.717) is 37.9 Å². The number of hydrogen-bond donors (Lipinski definition) is 1. The fraction of sp³-hybridized carbons (Fsp3) is 0.381. The summed E-state index contributed by atoms with van der Waals surface area (Å²) in [7, 11) is 0. The zero-order chi connectivity index (χ0) is 19.9. The first kappa shape index (κ1) is 18.5. The van der Waals surface area contributed by atoms with E-state index < -0.39 is 17.4 Å². The third-order valence-corrected chi connectivity index (χ3v) is 5.72. The Labute approximate surface area is 162 Å². The monoisotopic (exact) mass is 382 g/mol. The van der Waals surface area contributed by atoms with Crippen LogP contribution in [0.1, 0.15) is 48.2 Å². The highest BCUT2D eigenvalue weighted by Crippen LogP contribution is 2.44. The number of fused-ring (bicyclic) bond motifs is 1. The van der Waals surface area contributed by atoms with Gasteiger partial charge in [-0.05, 0) is 43.9 Å². The van der Waals surface area contributed by atoms with Gasteiger partial charge in [-0.25, -0.2) is 8.78 Å². The molecule has 0 radical (unpaired) electrons. The summed E-state index contributed by atoms with van der Waals surface area (Å²) >= 11 is 0. The topological polar surface area (TPSA) is 69.0 Å². The van der Waals surface area contributed by atoms with E-state index in [1.807, 2.05) is 17.0 Å². The molecule has 0 bridgehead atoms. The molecule has 1 saturated carbocycles. The van der Waals surface area contributed by atoms with Gasteiger partial charge in [-0.15, -0.1) is 0 Å².